The molecule has 0 aliphatic heterocycles. The molecular formula is C17H17BrO2. The van der Waals surface area contributed by atoms with Gasteiger partial charge in [0.25, 0.3) is 0 Å². The molecule has 20 heavy (non-hydrogen) atoms. The summed E-state index contributed by atoms with van der Waals surface area (Å²) in [6.45, 7) is 1.75. The second-order valence-electron chi connectivity index (χ2n) is 5.25. The molecule has 0 aromatic heterocycles. The highest BCUT2D eigenvalue weighted by molar-refractivity contribution is 9.10. The Bertz CT molecular complexity index is 635. The molecule has 0 unspecified atom stereocenters. The molecule has 0 heterocycles. The predicted octanol–water partition coefficient (Wildman–Crippen LogP) is 4.78. The van der Waals surface area contributed by atoms with Crippen molar-refractivity contribution in [1.29, 1.82) is 0 Å². The fraction of sp³-hybridized carbons (Fsp3) is 0.294. The molecule has 0 saturated carbocycles. The molecule has 0 radical (unpaired) electrons. The van der Waals surface area contributed by atoms with Gasteiger partial charge < -0.3 is 9.84 Å². The lowest BCUT2D eigenvalue weighted by Gasteiger charge is -2.11. The fourth-order valence-electron chi connectivity index (χ4n) is 2.60. The Balaban J connectivity index is 1.84. The summed E-state index contributed by atoms with van der Waals surface area (Å²) in [7, 11) is 0. The van der Waals surface area contributed by atoms with Crippen LogP contribution in [0, 0.1) is 0 Å². The minimum atomic E-state index is -0.472. The summed E-state index contributed by atoms with van der Waals surface area (Å²) in [5.74, 6) is 1.64. The number of hydrogen-bond donors (Lipinski definition) is 1. The van der Waals surface area contributed by atoms with Crippen molar-refractivity contribution < 1.29 is 9.84 Å². The molecule has 0 saturated heterocycles. The number of hydrogen-bond acceptors (Lipinski definition) is 2. The lowest BCUT2D eigenvalue weighted by Crippen LogP contribution is -1.93. The minimum absolute atomic E-state index is 0.472. The average molecular weight is 333 g/mol. The third-order valence-electron chi connectivity index (χ3n) is 3.74. The van der Waals surface area contributed by atoms with Crippen LogP contribution in [0.3, 0.4) is 0 Å². The number of aryl methyl sites for hydroxylation is 2. The zero-order chi connectivity index (χ0) is 14.1. The monoisotopic (exact) mass is 332 g/mol. The molecule has 3 rings (SSSR count). The van der Waals surface area contributed by atoms with Crippen LogP contribution in [0.25, 0.3) is 0 Å². The van der Waals surface area contributed by atoms with Crippen LogP contribution < -0.4 is 4.74 Å². The zero-order valence-corrected chi connectivity index (χ0v) is 13.0. The van der Waals surface area contributed by atoms with Gasteiger partial charge in [0.05, 0.1) is 10.6 Å². The first-order chi connectivity index (χ1) is 9.63. The Morgan fingerprint density at radius 2 is 1.90 bits per heavy atom. The molecule has 2 aromatic carbocycles. The lowest BCUT2D eigenvalue weighted by atomic mass is 10.1. The van der Waals surface area contributed by atoms with E-state index in [1.165, 1.54) is 24.0 Å². The maximum atomic E-state index is 9.57. The van der Waals surface area contributed by atoms with E-state index in [0.29, 0.717) is 0 Å². The molecule has 3 heteroatoms. The van der Waals surface area contributed by atoms with Gasteiger partial charge in [0.15, 0.2) is 0 Å². The number of fused-ring (bicyclic) bond motifs is 1. The van der Waals surface area contributed by atoms with E-state index in [-0.39, 0.29) is 0 Å². The predicted molar refractivity (Wildman–Crippen MR) is 83.3 cm³/mol. The van der Waals surface area contributed by atoms with Gasteiger partial charge in [-0.2, -0.15) is 0 Å². The molecular weight excluding hydrogens is 316 g/mol. The normalized spacial score (nSPS) is 14.9. The van der Waals surface area contributed by atoms with Gasteiger partial charge in [-0.05, 0) is 83.1 Å². The van der Waals surface area contributed by atoms with Gasteiger partial charge in [0, 0.05) is 0 Å². The first-order valence-electron chi connectivity index (χ1n) is 6.90. The van der Waals surface area contributed by atoms with Gasteiger partial charge in [0.2, 0.25) is 0 Å². The van der Waals surface area contributed by atoms with Crippen LogP contribution in [-0.2, 0) is 12.8 Å². The number of halogens is 1. The summed E-state index contributed by atoms with van der Waals surface area (Å²) in [6.07, 6.45) is 3.10. The number of aliphatic hydroxyl groups is 1. The highest BCUT2D eigenvalue weighted by Crippen LogP contribution is 2.34. The Hall–Kier alpha value is -1.32. The fourth-order valence-corrected chi connectivity index (χ4v) is 3.08. The van der Waals surface area contributed by atoms with E-state index in [1.807, 2.05) is 24.3 Å². The summed E-state index contributed by atoms with van der Waals surface area (Å²) in [5.41, 5.74) is 3.72. The second-order valence-corrected chi connectivity index (χ2v) is 6.11. The van der Waals surface area contributed by atoms with E-state index >= 15 is 0 Å². The van der Waals surface area contributed by atoms with Crippen molar-refractivity contribution in [2.24, 2.45) is 0 Å². The van der Waals surface area contributed by atoms with Gasteiger partial charge in [-0.3, -0.25) is 0 Å². The van der Waals surface area contributed by atoms with Crippen molar-refractivity contribution in [1.82, 2.24) is 0 Å². The van der Waals surface area contributed by atoms with Gasteiger partial charge in [-0.1, -0.05) is 12.1 Å². The van der Waals surface area contributed by atoms with Crippen LogP contribution in [0.15, 0.2) is 40.9 Å². The molecule has 2 nitrogen and oxygen atoms in total. The number of aliphatic hydroxyl groups excluding tert-OH is 1. The number of rotatable bonds is 3. The molecule has 0 amide bonds. The molecule has 0 fully saturated rings. The van der Waals surface area contributed by atoms with Gasteiger partial charge in [0.1, 0.15) is 11.5 Å². The summed E-state index contributed by atoms with van der Waals surface area (Å²) in [5, 5.41) is 9.57. The molecule has 0 bridgehead atoms. The van der Waals surface area contributed by atoms with Crippen LogP contribution in [0.1, 0.15) is 36.1 Å². The summed E-state index contributed by atoms with van der Waals surface area (Å²) in [4.78, 5) is 0. The second kappa shape index (κ2) is 5.58. The van der Waals surface area contributed by atoms with Crippen LogP contribution in [0.4, 0.5) is 0 Å². The van der Waals surface area contributed by atoms with Crippen LogP contribution in [0.5, 0.6) is 11.5 Å². The minimum Gasteiger partial charge on any atom is -0.456 e. The van der Waals surface area contributed by atoms with E-state index in [4.69, 9.17) is 4.74 Å². The van der Waals surface area contributed by atoms with Crippen molar-refractivity contribution in [3.05, 3.63) is 57.6 Å². The van der Waals surface area contributed by atoms with Crippen LogP contribution in [0.2, 0.25) is 0 Å². The summed E-state index contributed by atoms with van der Waals surface area (Å²) < 4.78 is 6.80. The number of ether oxygens (including phenoxy) is 1. The van der Waals surface area contributed by atoms with Crippen LogP contribution in [-0.4, -0.2) is 5.11 Å². The quantitative estimate of drug-likeness (QED) is 0.876. The van der Waals surface area contributed by atoms with E-state index < -0.39 is 6.10 Å². The van der Waals surface area contributed by atoms with E-state index in [2.05, 4.69) is 28.1 Å². The highest BCUT2D eigenvalue weighted by atomic mass is 79.9. The molecule has 1 aliphatic rings. The zero-order valence-electron chi connectivity index (χ0n) is 11.4. The van der Waals surface area contributed by atoms with Crippen molar-refractivity contribution >= 4 is 15.9 Å². The molecule has 1 N–H and O–H groups in total. The Morgan fingerprint density at radius 1 is 1.10 bits per heavy atom. The molecule has 1 atom stereocenters. The van der Waals surface area contributed by atoms with Crippen molar-refractivity contribution in [3.8, 4) is 11.5 Å². The first-order valence-corrected chi connectivity index (χ1v) is 7.70. The first kappa shape index (κ1) is 13.7. The third-order valence-corrected chi connectivity index (χ3v) is 4.36. The van der Waals surface area contributed by atoms with Crippen molar-refractivity contribution in [2.45, 2.75) is 32.3 Å². The molecule has 2 aromatic rings. The van der Waals surface area contributed by atoms with E-state index in [1.54, 1.807) is 6.92 Å². The van der Waals surface area contributed by atoms with E-state index in [0.717, 1.165) is 28.0 Å². The Kier molecular flexibility index (Phi) is 3.81. The van der Waals surface area contributed by atoms with Gasteiger partial charge in [-0.25, -0.2) is 0 Å². The van der Waals surface area contributed by atoms with Gasteiger partial charge >= 0.3 is 0 Å². The summed E-state index contributed by atoms with van der Waals surface area (Å²) in [6, 6.07) is 12.0. The maximum absolute atomic E-state index is 9.57. The topological polar surface area (TPSA) is 29.5 Å². The Labute approximate surface area is 127 Å². The molecule has 1 aliphatic carbocycles. The third kappa shape index (κ3) is 2.74. The Morgan fingerprint density at radius 3 is 2.65 bits per heavy atom. The molecule has 0 spiro atoms. The van der Waals surface area contributed by atoms with Crippen molar-refractivity contribution in [3.63, 3.8) is 0 Å². The van der Waals surface area contributed by atoms with Crippen LogP contribution >= 0.6 is 15.9 Å². The van der Waals surface area contributed by atoms with Gasteiger partial charge in [-0.15, -0.1) is 0 Å². The largest absolute Gasteiger partial charge is 0.456 e. The SMILES string of the molecule is C[C@@H](O)c1ccc(Oc2ccc3c(c2)CCC3)c(Br)c1. The smallest absolute Gasteiger partial charge is 0.141 e. The standard InChI is InChI=1S/C17H17BrO2/c1-11(19)13-6-8-17(16(18)10-13)20-15-7-5-12-3-2-4-14(12)9-15/h5-11,19H,2-4H2,1H3/t11-/m1/s1. The molecule has 104 valence electrons. The average Bonchev–Trinajstić information content (AvgIpc) is 2.88. The lowest BCUT2D eigenvalue weighted by molar-refractivity contribution is 0.199. The number of benzene rings is 2. The maximum Gasteiger partial charge on any atom is 0.141 e. The summed E-state index contributed by atoms with van der Waals surface area (Å²) >= 11 is 3.50. The van der Waals surface area contributed by atoms with Crippen molar-refractivity contribution in [2.75, 3.05) is 0 Å². The van der Waals surface area contributed by atoms with E-state index in [9.17, 15) is 5.11 Å². The highest BCUT2D eigenvalue weighted by Gasteiger charge is 2.12.